The third-order valence-corrected chi connectivity index (χ3v) is 5.12. The SMILES string of the molecule is Cc1noc([C@H](NS(=O)(=O)c2cccc3cccnc23)C(C)C)n1. The largest absolute Gasteiger partial charge is 0.338 e. The monoisotopic (exact) mass is 346 g/mol. The summed E-state index contributed by atoms with van der Waals surface area (Å²) < 4.78 is 33.6. The van der Waals surface area contributed by atoms with Crippen LogP contribution >= 0.6 is 0 Å². The van der Waals surface area contributed by atoms with Crippen LogP contribution in [0.25, 0.3) is 10.9 Å². The van der Waals surface area contributed by atoms with Crippen LogP contribution in [0, 0.1) is 12.8 Å². The average Bonchev–Trinajstić information content (AvgIpc) is 2.98. The molecule has 1 N–H and O–H groups in total. The van der Waals surface area contributed by atoms with Gasteiger partial charge in [0.2, 0.25) is 15.9 Å². The fraction of sp³-hybridized carbons (Fsp3) is 0.312. The first-order valence-electron chi connectivity index (χ1n) is 7.55. The number of nitrogens with one attached hydrogen (secondary N) is 1. The predicted molar refractivity (Wildman–Crippen MR) is 88.7 cm³/mol. The van der Waals surface area contributed by atoms with Crippen LogP contribution in [0.5, 0.6) is 0 Å². The number of para-hydroxylation sites is 1. The van der Waals surface area contributed by atoms with Gasteiger partial charge in [0.1, 0.15) is 10.9 Å². The van der Waals surface area contributed by atoms with Gasteiger partial charge in [0.25, 0.3) is 0 Å². The summed E-state index contributed by atoms with van der Waals surface area (Å²) in [5, 5.41) is 4.50. The molecule has 2 heterocycles. The summed E-state index contributed by atoms with van der Waals surface area (Å²) in [4.78, 5) is 8.49. The number of rotatable bonds is 5. The Morgan fingerprint density at radius 3 is 2.58 bits per heavy atom. The molecule has 0 bridgehead atoms. The zero-order chi connectivity index (χ0) is 17.3. The minimum Gasteiger partial charge on any atom is -0.338 e. The molecule has 24 heavy (non-hydrogen) atoms. The summed E-state index contributed by atoms with van der Waals surface area (Å²) in [7, 11) is -3.81. The Morgan fingerprint density at radius 2 is 1.92 bits per heavy atom. The van der Waals surface area contributed by atoms with Crippen molar-refractivity contribution in [1.82, 2.24) is 19.8 Å². The molecule has 0 fully saturated rings. The first kappa shape index (κ1) is 16.5. The number of benzene rings is 1. The molecule has 2 aromatic heterocycles. The van der Waals surface area contributed by atoms with Crippen molar-refractivity contribution in [3.63, 3.8) is 0 Å². The highest BCUT2D eigenvalue weighted by molar-refractivity contribution is 7.89. The van der Waals surface area contributed by atoms with E-state index in [9.17, 15) is 8.42 Å². The molecule has 0 spiro atoms. The highest BCUT2D eigenvalue weighted by atomic mass is 32.2. The first-order valence-corrected chi connectivity index (χ1v) is 9.03. The van der Waals surface area contributed by atoms with Crippen LogP contribution in [0.2, 0.25) is 0 Å². The number of hydrogen-bond donors (Lipinski definition) is 1. The van der Waals surface area contributed by atoms with E-state index in [1.54, 1.807) is 25.3 Å². The van der Waals surface area contributed by atoms with Crippen LogP contribution in [-0.4, -0.2) is 23.5 Å². The minimum atomic E-state index is -3.81. The Kier molecular flexibility index (Phi) is 4.33. The van der Waals surface area contributed by atoms with Crippen molar-refractivity contribution in [1.29, 1.82) is 0 Å². The number of aryl methyl sites for hydroxylation is 1. The lowest BCUT2D eigenvalue weighted by Crippen LogP contribution is -2.32. The van der Waals surface area contributed by atoms with E-state index in [-0.39, 0.29) is 16.7 Å². The van der Waals surface area contributed by atoms with Crippen molar-refractivity contribution in [2.45, 2.75) is 31.7 Å². The second-order valence-electron chi connectivity index (χ2n) is 5.85. The van der Waals surface area contributed by atoms with Crippen molar-refractivity contribution in [3.8, 4) is 0 Å². The molecule has 1 atom stereocenters. The van der Waals surface area contributed by atoms with Crippen molar-refractivity contribution < 1.29 is 12.9 Å². The lowest BCUT2D eigenvalue weighted by Gasteiger charge is -2.19. The van der Waals surface area contributed by atoms with Crippen LogP contribution in [0.4, 0.5) is 0 Å². The van der Waals surface area contributed by atoms with Gasteiger partial charge in [-0.2, -0.15) is 9.71 Å². The van der Waals surface area contributed by atoms with E-state index in [0.717, 1.165) is 5.39 Å². The van der Waals surface area contributed by atoms with Crippen LogP contribution in [0.15, 0.2) is 45.9 Å². The molecule has 1 aromatic carbocycles. The maximum atomic E-state index is 12.9. The highest BCUT2D eigenvalue weighted by Gasteiger charge is 2.29. The summed E-state index contributed by atoms with van der Waals surface area (Å²) in [5.74, 6) is 0.642. The number of sulfonamides is 1. The van der Waals surface area contributed by atoms with Crippen molar-refractivity contribution in [2.24, 2.45) is 5.92 Å². The number of nitrogens with zero attached hydrogens (tertiary/aromatic N) is 3. The average molecular weight is 346 g/mol. The molecule has 0 radical (unpaired) electrons. The summed E-state index contributed by atoms with van der Waals surface area (Å²) in [5.41, 5.74) is 0.428. The third kappa shape index (κ3) is 3.15. The Hall–Kier alpha value is -2.32. The van der Waals surface area contributed by atoms with E-state index < -0.39 is 16.1 Å². The van der Waals surface area contributed by atoms with Gasteiger partial charge in [-0.05, 0) is 25.0 Å². The van der Waals surface area contributed by atoms with Gasteiger partial charge < -0.3 is 4.52 Å². The fourth-order valence-electron chi connectivity index (χ4n) is 2.43. The molecule has 0 aliphatic heterocycles. The van der Waals surface area contributed by atoms with E-state index in [1.807, 2.05) is 26.0 Å². The van der Waals surface area contributed by atoms with Crippen LogP contribution in [-0.2, 0) is 10.0 Å². The summed E-state index contributed by atoms with van der Waals surface area (Å²) in [6.45, 7) is 5.45. The van der Waals surface area contributed by atoms with E-state index in [0.29, 0.717) is 11.3 Å². The molecule has 7 nitrogen and oxygen atoms in total. The number of aromatic nitrogens is 3. The zero-order valence-electron chi connectivity index (χ0n) is 13.6. The minimum absolute atomic E-state index is 0.0671. The number of hydrogen-bond acceptors (Lipinski definition) is 6. The number of fused-ring (bicyclic) bond motifs is 1. The molecule has 0 saturated heterocycles. The van der Waals surface area contributed by atoms with Gasteiger partial charge in [-0.1, -0.05) is 37.2 Å². The number of pyridine rings is 1. The molecule has 0 aliphatic rings. The van der Waals surface area contributed by atoms with Crippen molar-refractivity contribution >= 4 is 20.9 Å². The summed E-state index contributed by atoms with van der Waals surface area (Å²) >= 11 is 0. The summed E-state index contributed by atoms with van der Waals surface area (Å²) in [6.07, 6.45) is 1.57. The molecule has 0 amide bonds. The molecule has 8 heteroatoms. The maximum absolute atomic E-state index is 12.9. The van der Waals surface area contributed by atoms with Gasteiger partial charge in [0.05, 0.1) is 5.52 Å². The van der Waals surface area contributed by atoms with E-state index in [2.05, 4.69) is 19.8 Å². The second-order valence-corrected chi connectivity index (χ2v) is 7.54. The van der Waals surface area contributed by atoms with Gasteiger partial charge in [-0.25, -0.2) is 8.42 Å². The highest BCUT2D eigenvalue weighted by Crippen LogP contribution is 2.26. The molecular formula is C16H18N4O3S. The third-order valence-electron chi connectivity index (χ3n) is 3.64. The van der Waals surface area contributed by atoms with Gasteiger partial charge in [0, 0.05) is 11.6 Å². The lowest BCUT2D eigenvalue weighted by molar-refractivity contribution is 0.310. The summed E-state index contributed by atoms with van der Waals surface area (Å²) in [6, 6.07) is 8.03. The Bertz CT molecular complexity index is 961. The van der Waals surface area contributed by atoms with Gasteiger partial charge in [-0.15, -0.1) is 0 Å². The Labute approximate surface area is 140 Å². The standard InChI is InChI=1S/C16H18N4O3S/c1-10(2)14(16-18-11(3)19-23-16)20-24(21,22)13-8-4-6-12-7-5-9-17-15(12)13/h4-10,14,20H,1-3H3/t14-/m1/s1. The molecule has 126 valence electrons. The molecule has 0 saturated carbocycles. The molecule has 0 aliphatic carbocycles. The lowest BCUT2D eigenvalue weighted by atomic mass is 10.1. The maximum Gasteiger partial charge on any atom is 0.245 e. The fourth-order valence-corrected chi connectivity index (χ4v) is 3.95. The topological polar surface area (TPSA) is 98.0 Å². The smallest absolute Gasteiger partial charge is 0.245 e. The normalized spacial score (nSPS) is 13.5. The molecule has 0 unspecified atom stereocenters. The quantitative estimate of drug-likeness (QED) is 0.762. The van der Waals surface area contributed by atoms with Crippen molar-refractivity contribution in [3.05, 3.63) is 48.2 Å². The van der Waals surface area contributed by atoms with Gasteiger partial charge in [0.15, 0.2) is 5.82 Å². The van der Waals surface area contributed by atoms with Crippen LogP contribution in [0.3, 0.4) is 0 Å². The first-order chi connectivity index (χ1) is 11.4. The molecule has 3 rings (SSSR count). The van der Waals surface area contributed by atoms with Gasteiger partial charge >= 0.3 is 0 Å². The Morgan fingerprint density at radius 1 is 1.17 bits per heavy atom. The zero-order valence-corrected chi connectivity index (χ0v) is 14.4. The van der Waals surface area contributed by atoms with E-state index >= 15 is 0 Å². The van der Waals surface area contributed by atoms with E-state index in [1.165, 1.54) is 6.07 Å². The van der Waals surface area contributed by atoms with Crippen LogP contribution in [0.1, 0.15) is 31.6 Å². The van der Waals surface area contributed by atoms with Gasteiger partial charge in [-0.3, -0.25) is 4.98 Å². The predicted octanol–water partition coefficient (Wildman–Crippen LogP) is 2.60. The van der Waals surface area contributed by atoms with Crippen molar-refractivity contribution in [2.75, 3.05) is 0 Å². The van der Waals surface area contributed by atoms with Crippen LogP contribution < -0.4 is 4.72 Å². The van der Waals surface area contributed by atoms with E-state index in [4.69, 9.17) is 4.52 Å². The molecule has 3 aromatic rings. The Balaban J connectivity index is 2.03. The second kappa shape index (κ2) is 6.29. The molecular weight excluding hydrogens is 328 g/mol.